The van der Waals surface area contributed by atoms with Crippen molar-refractivity contribution in [3.8, 4) is 0 Å². The van der Waals surface area contributed by atoms with E-state index in [9.17, 15) is 9.59 Å². The number of nitrogens with one attached hydrogen (secondary N) is 2. The summed E-state index contributed by atoms with van der Waals surface area (Å²) in [5.74, 6) is -0.203. The van der Waals surface area contributed by atoms with Crippen molar-refractivity contribution in [3.05, 3.63) is 18.0 Å². The van der Waals surface area contributed by atoms with Gasteiger partial charge in [-0.25, -0.2) is 0 Å². The zero-order valence-electron chi connectivity index (χ0n) is 13.9. The van der Waals surface area contributed by atoms with Gasteiger partial charge in [-0.2, -0.15) is 5.10 Å². The van der Waals surface area contributed by atoms with E-state index in [-0.39, 0.29) is 30.7 Å². The molecule has 1 aromatic heterocycles. The van der Waals surface area contributed by atoms with Crippen LogP contribution < -0.4 is 10.6 Å². The van der Waals surface area contributed by atoms with Crippen LogP contribution in [0, 0.1) is 0 Å². The highest BCUT2D eigenvalue weighted by atomic mass is 16.5. The van der Waals surface area contributed by atoms with Gasteiger partial charge in [-0.15, -0.1) is 0 Å². The van der Waals surface area contributed by atoms with Crippen LogP contribution >= 0.6 is 0 Å². The van der Waals surface area contributed by atoms with Gasteiger partial charge in [-0.1, -0.05) is 12.8 Å². The van der Waals surface area contributed by atoms with Gasteiger partial charge in [0, 0.05) is 39.2 Å². The quantitative estimate of drug-likeness (QED) is 0.749. The fraction of sp³-hybridized carbons (Fsp3) is 0.688. The van der Waals surface area contributed by atoms with E-state index in [1.54, 1.807) is 18.0 Å². The number of rotatable bonds is 8. The summed E-state index contributed by atoms with van der Waals surface area (Å²) >= 11 is 0. The maximum Gasteiger partial charge on any atom is 0.221 e. The first kappa shape index (κ1) is 17.5. The van der Waals surface area contributed by atoms with Crippen molar-refractivity contribution in [1.82, 2.24) is 20.4 Å². The number of hydrogen-bond donors (Lipinski definition) is 2. The Morgan fingerprint density at radius 1 is 1.35 bits per heavy atom. The Labute approximate surface area is 136 Å². The first-order chi connectivity index (χ1) is 11.1. The molecule has 1 heterocycles. The van der Waals surface area contributed by atoms with Crippen molar-refractivity contribution < 1.29 is 14.3 Å². The normalized spacial score (nSPS) is 16.3. The highest BCUT2D eigenvalue weighted by Crippen LogP contribution is 2.17. The number of carbonyl (C=O) groups is 2. The van der Waals surface area contributed by atoms with Crippen LogP contribution in [-0.4, -0.2) is 41.4 Å². The summed E-state index contributed by atoms with van der Waals surface area (Å²) < 4.78 is 6.87. The van der Waals surface area contributed by atoms with Gasteiger partial charge in [0.1, 0.15) is 0 Å². The molecule has 1 aromatic rings. The lowest BCUT2D eigenvalue weighted by Crippen LogP contribution is -2.35. The van der Waals surface area contributed by atoms with Crippen LogP contribution in [0.25, 0.3) is 0 Å². The zero-order chi connectivity index (χ0) is 16.7. The minimum Gasteiger partial charge on any atom is -0.382 e. The molecule has 7 nitrogen and oxygen atoms in total. The molecule has 0 radical (unpaired) electrons. The number of ether oxygens (including phenoxy) is 1. The molecule has 2 amide bonds. The fourth-order valence-electron chi connectivity index (χ4n) is 2.96. The molecule has 1 atom stereocenters. The van der Waals surface area contributed by atoms with E-state index in [0.29, 0.717) is 12.6 Å². The van der Waals surface area contributed by atoms with Gasteiger partial charge in [0.2, 0.25) is 11.8 Å². The van der Waals surface area contributed by atoms with E-state index in [0.717, 1.165) is 18.5 Å². The number of aryl methyl sites for hydroxylation is 1. The van der Waals surface area contributed by atoms with Crippen LogP contribution in [-0.2, 0) is 21.4 Å². The monoisotopic (exact) mass is 322 g/mol. The fourth-order valence-corrected chi connectivity index (χ4v) is 2.96. The second kappa shape index (κ2) is 8.67. The minimum absolute atomic E-state index is 0.0455. The van der Waals surface area contributed by atoms with Crippen LogP contribution in [0.3, 0.4) is 0 Å². The molecule has 0 bridgehead atoms. The third-order valence-corrected chi connectivity index (χ3v) is 4.18. The summed E-state index contributed by atoms with van der Waals surface area (Å²) in [4.78, 5) is 24.0. The van der Waals surface area contributed by atoms with E-state index in [1.807, 2.05) is 13.1 Å². The average Bonchev–Trinajstić information content (AvgIpc) is 3.16. The lowest BCUT2D eigenvalue weighted by Gasteiger charge is -2.18. The van der Waals surface area contributed by atoms with Gasteiger partial charge in [0.25, 0.3) is 0 Å². The predicted octanol–water partition coefficient (Wildman–Crippen LogP) is 1.06. The second-order valence-corrected chi connectivity index (χ2v) is 6.00. The molecule has 7 heteroatoms. The molecule has 23 heavy (non-hydrogen) atoms. The molecule has 1 saturated carbocycles. The molecule has 0 unspecified atom stereocenters. The van der Waals surface area contributed by atoms with Gasteiger partial charge < -0.3 is 15.4 Å². The maximum atomic E-state index is 12.1. The molecule has 2 N–H and O–H groups in total. The van der Waals surface area contributed by atoms with Gasteiger partial charge in [-0.05, 0) is 18.9 Å². The second-order valence-electron chi connectivity index (χ2n) is 6.00. The van der Waals surface area contributed by atoms with Crippen molar-refractivity contribution in [3.63, 3.8) is 0 Å². The standard InChI is InChI=1S/C16H26N4O3/c1-20-14(9-10-17-20)13(11-23-2)19-16(22)8-7-15(21)18-12-5-3-4-6-12/h9-10,12-13H,3-8,11H2,1-2H3,(H,18,21)(H,19,22)/t13-/m0/s1. The van der Waals surface area contributed by atoms with Gasteiger partial charge >= 0.3 is 0 Å². The average molecular weight is 322 g/mol. The van der Waals surface area contributed by atoms with Gasteiger partial charge in [-0.3, -0.25) is 14.3 Å². The molecular weight excluding hydrogens is 296 g/mol. The molecule has 0 saturated heterocycles. The van der Waals surface area contributed by atoms with Gasteiger partial charge in [0.05, 0.1) is 18.3 Å². The molecule has 1 aliphatic carbocycles. The predicted molar refractivity (Wildman–Crippen MR) is 85.6 cm³/mol. The van der Waals surface area contributed by atoms with Crippen LogP contribution in [0.5, 0.6) is 0 Å². The minimum atomic E-state index is -0.266. The van der Waals surface area contributed by atoms with Crippen molar-refractivity contribution >= 4 is 11.8 Å². The SMILES string of the molecule is COC[C@H](NC(=O)CCC(=O)NC1CCCC1)c1ccnn1C. The third-order valence-electron chi connectivity index (χ3n) is 4.18. The van der Waals surface area contributed by atoms with Crippen LogP contribution in [0.1, 0.15) is 50.3 Å². The molecule has 0 aromatic carbocycles. The smallest absolute Gasteiger partial charge is 0.221 e. The summed E-state index contributed by atoms with van der Waals surface area (Å²) in [6.07, 6.45) is 6.52. The Morgan fingerprint density at radius 2 is 2.04 bits per heavy atom. The Bertz CT molecular complexity index is 523. The van der Waals surface area contributed by atoms with E-state index in [2.05, 4.69) is 15.7 Å². The number of methoxy groups -OCH3 is 1. The first-order valence-electron chi connectivity index (χ1n) is 8.15. The summed E-state index contributed by atoms with van der Waals surface area (Å²) in [7, 11) is 3.41. The van der Waals surface area contributed by atoms with Crippen LogP contribution in [0.4, 0.5) is 0 Å². The van der Waals surface area contributed by atoms with Crippen molar-refractivity contribution in [2.45, 2.75) is 50.6 Å². The van der Waals surface area contributed by atoms with E-state index >= 15 is 0 Å². The highest BCUT2D eigenvalue weighted by molar-refractivity contribution is 5.84. The molecular formula is C16H26N4O3. The number of aromatic nitrogens is 2. The molecule has 1 aliphatic rings. The van der Waals surface area contributed by atoms with Crippen molar-refractivity contribution in [1.29, 1.82) is 0 Å². The third kappa shape index (κ3) is 5.35. The van der Waals surface area contributed by atoms with Gasteiger partial charge in [0.15, 0.2) is 0 Å². The van der Waals surface area contributed by atoms with Crippen molar-refractivity contribution in [2.24, 2.45) is 7.05 Å². The Kier molecular flexibility index (Phi) is 6.58. The Balaban J connectivity index is 1.77. The molecule has 1 fully saturated rings. The van der Waals surface area contributed by atoms with E-state index in [4.69, 9.17) is 4.74 Å². The number of hydrogen-bond acceptors (Lipinski definition) is 4. The number of nitrogens with zero attached hydrogens (tertiary/aromatic N) is 2. The summed E-state index contributed by atoms with van der Waals surface area (Å²) in [5.41, 5.74) is 0.871. The first-order valence-corrected chi connectivity index (χ1v) is 8.15. The zero-order valence-corrected chi connectivity index (χ0v) is 13.9. The molecule has 0 spiro atoms. The van der Waals surface area contributed by atoms with Crippen LogP contribution in [0.2, 0.25) is 0 Å². The topological polar surface area (TPSA) is 85.2 Å². The number of amides is 2. The summed E-state index contributed by atoms with van der Waals surface area (Å²) in [6.45, 7) is 0.361. The molecule has 128 valence electrons. The van der Waals surface area contributed by atoms with E-state index < -0.39 is 0 Å². The Hall–Kier alpha value is -1.89. The largest absolute Gasteiger partial charge is 0.382 e. The summed E-state index contributed by atoms with van der Waals surface area (Å²) in [5, 5.41) is 10.0. The molecule has 0 aliphatic heterocycles. The lowest BCUT2D eigenvalue weighted by molar-refractivity contribution is -0.127. The highest BCUT2D eigenvalue weighted by Gasteiger charge is 2.20. The number of carbonyl (C=O) groups excluding carboxylic acids is 2. The lowest BCUT2D eigenvalue weighted by atomic mass is 10.2. The molecule has 2 rings (SSSR count). The maximum absolute atomic E-state index is 12.1. The van der Waals surface area contributed by atoms with E-state index in [1.165, 1.54) is 12.8 Å². The summed E-state index contributed by atoms with van der Waals surface area (Å²) in [6, 6.07) is 1.87. The van der Waals surface area contributed by atoms with Crippen LogP contribution in [0.15, 0.2) is 12.3 Å². The van der Waals surface area contributed by atoms with Crippen molar-refractivity contribution in [2.75, 3.05) is 13.7 Å². The Morgan fingerprint density at radius 3 is 2.65 bits per heavy atom.